The molecule has 0 aliphatic rings. The van der Waals surface area contributed by atoms with E-state index in [0.717, 1.165) is 0 Å². The highest BCUT2D eigenvalue weighted by Crippen LogP contribution is 2.42. The fourth-order valence-electron chi connectivity index (χ4n) is 1.79. The molecule has 0 fully saturated rings. The highest BCUT2D eigenvalue weighted by atomic mass is 31.2. The normalized spacial score (nSPS) is 14.0. The third-order valence-corrected chi connectivity index (χ3v) is 4.04. The highest BCUT2D eigenvalue weighted by Gasteiger charge is 2.34. The van der Waals surface area contributed by atoms with Crippen LogP contribution in [0.4, 0.5) is 0 Å². The Kier molecular flexibility index (Phi) is 8.42. The van der Waals surface area contributed by atoms with Gasteiger partial charge in [0.2, 0.25) is 0 Å². The number of unbranched alkanes of at least 4 members (excludes halogenated alkanes) is 1. The number of carboxylic acids is 2. The zero-order chi connectivity index (χ0) is 17.6. The fraction of sp³-hybridized carbons (Fsp3) is 0.778. The van der Waals surface area contributed by atoms with Gasteiger partial charge in [-0.25, -0.2) is 0 Å². The summed E-state index contributed by atoms with van der Waals surface area (Å²) in [5.41, 5.74) is 0. The van der Waals surface area contributed by atoms with E-state index in [4.69, 9.17) is 29.8 Å². The van der Waals surface area contributed by atoms with Crippen LogP contribution >= 0.6 is 15.2 Å². The van der Waals surface area contributed by atoms with Crippen LogP contribution < -0.4 is 0 Å². The standard InChI is InChI=1S/C9H19NO10P2/c11-8(12)4-2-1-3-7(9(13)14)10(5-21(15,16)17)6-22(18,19)20/h7H,1-6H2,(H,11,12)(H,13,14)(H2,15,16,17)(H2,18,19,20). The number of nitrogens with zero attached hydrogens (tertiary/aromatic N) is 1. The molecule has 1 atom stereocenters. The van der Waals surface area contributed by atoms with E-state index >= 15 is 0 Å². The van der Waals surface area contributed by atoms with Crippen LogP contribution in [0, 0.1) is 0 Å². The summed E-state index contributed by atoms with van der Waals surface area (Å²) in [6.07, 6.45) is -2.38. The smallest absolute Gasteiger partial charge is 0.339 e. The number of rotatable bonds is 11. The maximum Gasteiger partial charge on any atom is 0.339 e. The van der Waals surface area contributed by atoms with Crippen LogP contribution in [0.15, 0.2) is 0 Å². The van der Waals surface area contributed by atoms with Gasteiger partial charge in [-0.2, -0.15) is 0 Å². The molecule has 13 heteroatoms. The molecule has 130 valence electrons. The summed E-state index contributed by atoms with van der Waals surface area (Å²) >= 11 is 0. The molecule has 0 saturated heterocycles. The maximum absolute atomic E-state index is 11.2. The first-order valence-corrected chi connectivity index (χ1v) is 9.69. The lowest BCUT2D eigenvalue weighted by Gasteiger charge is -2.28. The Morgan fingerprint density at radius 2 is 1.36 bits per heavy atom. The Balaban J connectivity index is 4.97. The van der Waals surface area contributed by atoms with Crippen molar-refractivity contribution in [1.82, 2.24) is 4.90 Å². The summed E-state index contributed by atoms with van der Waals surface area (Å²) in [4.78, 5) is 57.7. The van der Waals surface area contributed by atoms with Gasteiger partial charge in [-0.1, -0.05) is 6.42 Å². The first-order valence-electron chi connectivity index (χ1n) is 6.09. The van der Waals surface area contributed by atoms with Gasteiger partial charge < -0.3 is 29.8 Å². The van der Waals surface area contributed by atoms with Gasteiger partial charge in [0.05, 0.1) is 0 Å². The Morgan fingerprint density at radius 3 is 1.68 bits per heavy atom. The second-order valence-corrected chi connectivity index (χ2v) is 7.92. The van der Waals surface area contributed by atoms with Gasteiger partial charge in [0.15, 0.2) is 0 Å². The minimum Gasteiger partial charge on any atom is -0.481 e. The van der Waals surface area contributed by atoms with Crippen molar-refractivity contribution in [3.63, 3.8) is 0 Å². The fourth-order valence-corrected chi connectivity index (χ4v) is 3.49. The number of hydrogen-bond donors (Lipinski definition) is 6. The van der Waals surface area contributed by atoms with Crippen LogP contribution in [0.3, 0.4) is 0 Å². The second-order valence-electron chi connectivity index (χ2n) is 4.69. The molecule has 0 aromatic carbocycles. The Bertz CT molecular complexity index is 459. The second kappa shape index (κ2) is 8.73. The van der Waals surface area contributed by atoms with E-state index in [0.29, 0.717) is 4.90 Å². The predicted molar refractivity (Wildman–Crippen MR) is 73.2 cm³/mol. The third kappa shape index (κ3) is 10.9. The summed E-state index contributed by atoms with van der Waals surface area (Å²) < 4.78 is 22.0. The highest BCUT2D eigenvalue weighted by molar-refractivity contribution is 7.52. The zero-order valence-electron chi connectivity index (χ0n) is 11.5. The molecule has 1 unspecified atom stereocenters. The molecule has 0 radical (unpaired) electrons. The van der Waals surface area contributed by atoms with Gasteiger partial charge in [-0.3, -0.25) is 23.6 Å². The quantitative estimate of drug-likeness (QED) is 0.208. The van der Waals surface area contributed by atoms with Crippen molar-refractivity contribution in [3.8, 4) is 0 Å². The average Bonchev–Trinajstić information content (AvgIpc) is 2.22. The van der Waals surface area contributed by atoms with Gasteiger partial charge in [0.1, 0.15) is 18.6 Å². The molecule has 0 bridgehead atoms. The predicted octanol–water partition coefficient (Wildman–Crippen LogP) is -0.343. The van der Waals surface area contributed by atoms with Crippen LogP contribution in [0.25, 0.3) is 0 Å². The summed E-state index contributed by atoms with van der Waals surface area (Å²) in [6.45, 7) is 0. The minimum absolute atomic E-state index is 0.113. The summed E-state index contributed by atoms with van der Waals surface area (Å²) in [6, 6.07) is -1.53. The lowest BCUT2D eigenvalue weighted by atomic mass is 10.1. The zero-order valence-corrected chi connectivity index (χ0v) is 13.3. The molecular weight excluding hydrogens is 344 g/mol. The molecule has 0 saturated carbocycles. The summed E-state index contributed by atoms with van der Waals surface area (Å²) in [7, 11) is -9.46. The number of carboxylic acid groups (broad SMARTS) is 2. The van der Waals surface area contributed by atoms with Crippen molar-refractivity contribution < 1.29 is 48.5 Å². The van der Waals surface area contributed by atoms with E-state index < -0.39 is 45.7 Å². The van der Waals surface area contributed by atoms with Gasteiger partial charge in [-0.05, 0) is 12.8 Å². The minimum atomic E-state index is -4.73. The Hall–Kier alpha value is -0.800. The van der Waals surface area contributed by atoms with Crippen LogP contribution in [0.2, 0.25) is 0 Å². The molecule has 0 aromatic rings. The molecule has 0 aliphatic carbocycles. The van der Waals surface area contributed by atoms with Crippen molar-refractivity contribution in [2.24, 2.45) is 0 Å². The van der Waals surface area contributed by atoms with Gasteiger partial charge in [0.25, 0.3) is 0 Å². The molecule has 0 aliphatic heterocycles. The number of carbonyl (C=O) groups is 2. The van der Waals surface area contributed by atoms with Gasteiger partial charge in [0, 0.05) is 6.42 Å². The molecule has 0 aromatic heterocycles. The van der Waals surface area contributed by atoms with E-state index in [1.807, 2.05) is 0 Å². The first-order chi connectivity index (χ1) is 9.82. The maximum atomic E-state index is 11.2. The summed E-state index contributed by atoms with van der Waals surface area (Å²) in [5.74, 6) is -2.58. The molecule has 0 rings (SSSR count). The van der Waals surface area contributed by atoms with E-state index in [2.05, 4.69) is 0 Å². The average molecular weight is 363 g/mol. The van der Waals surface area contributed by atoms with E-state index in [-0.39, 0.29) is 25.7 Å². The molecule has 0 spiro atoms. The molecular formula is C9H19NO10P2. The Morgan fingerprint density at radius 1 is 0.909 bits per heavy atom. The van der Waals surface area contributed by atoms with E-state index in [9.17, 15) is 18.7 Å². The molecule has 11 nitrogen and oxygen atoms in total. The molecule has 22 heavy (non-hydrogen) atoms. The number of hydrogen-bond acceptors (Lipinski definition) is 5. The molecule has 0 amide bonds. The third-order valence-electron chi connectivity index (χ3n) is 2.58. The van der Waals surface area contributed by atoms with Crippen molar-refractivity contribution in [3.05, 3.63) is 0 Å². The van der Waals surface area contributed by atoms with E-state index in [1.54, 1.807) is 0 Å². The van der Waals surface area contributed by atoms with Crippen LogP contribution in [0.5, 0.6) is 0 Å². The summed E-state index contributed by atoms with van der Waals surface area (Å²) in [5, 5.41) is 17.6. The van der Waals surface area contributed by atoms with Gasteiger partial charge >= 0.3 is 27.1 Å². The van der Waals surface area contributed by atoms with Crippen molar-refractivity contribution >= 4 is 27.1 Å². The van der Waals surface area contributed by atoms with Crippen LogP contribution in [-0.4, -0.2) is 65.2 Å². The molecule has 6 N–H and O–H groups in total. The molecule has 0 heterocycles. The number of aliphatic carboxylic acids is 2. The van der Waals surface area contributed by atoms with Gasteiger partial charge in [-0.15, -0.1) is 0 Å². The Labute approximate surface area is 125 Å². The van der Waals surface area contributed by atoms with Crippen molar-refractivity contribution in [2.75, 3.05) is 12.6 Å². The lowest BCUT2D eigenvalue weighted by Crippen LogP contribution is -2.42. The topological polar surface area (TPSA) is 193 Å². The van der Waals surface area contributed by atoms with E-state index in [1.165, 1.54) is 0 Å². The lowest BCUT2D eigenvalue weighted by molar-refractivity contribution is -0.143. The monoisotopic (exact) mass is 363 g/mol. The SMILES string of the molecule is O=C(O)CCCCC(C(=O)O)N(CP(=O)(O)O)CP(=O)(O)O. The first kappa shape index (κ1) is 21.2. The van der Waals surface area contributed by atoms with Crippen molar-refractivity contribution in [2.45, 2.75) is 31.7 Å². The van der Waals surface area contributed by atoms with Crippen LogP contribution in [0.1, 0.15) is 25.7 Å². The largest absolute Gasteiger partial charge is 0.481 e. The van der Waals surface area contributed by atoms with Crippen molar-refractivity contribution in [1.29, 1.82) is 0 Å². The van der Waals surface area contributed by atoms with Crippen LogP contribution in [-0.2, 0) is 18.7 Å².